The van der Waals surface area contributed by atoms with E-state index in [1.165, 1.54) is 93.1 Å². The number of aromatic nitrogens is 1. The normalized spacial score (nSPS) is 11.7. The predicted octanol–water partition coefficient (Wildman–Crippen LogP) is 13.6. The number of aryl methyl sites for hydroxylation is 1. The molecule has 0 aliphatic carbocycles. The van der Waals surface area contributed by atoms with Gasteiger partial charge in [-0.05, 0) is 109 Å². The molecule has 0 aliphatic heterocycles. The van der Waals surface area contributed by atoms with Gasteiger partial charge in [0.15, 0.2) is 0 Å². The first-order chi connectivity index (χ1) is 24.7. The van der Waals surface area contributed by atoms with Crippen LogP contribution in [0.5, 0.6) is 0 Å². The van der Waals surface area contributed by atoms with Gasteiger partial charge < -0.3 is 4.57 Å². The summed E-state index contributed by atoms with van der Waals surface area (Å²) in [5.74, 6) is 0. The Morgan fingerprint density at radius 1 is 0.320 bits per heavy atom. The third-order valence-corrected chi connectivity index (χ3v) is 10.5. The van der Waals surface area contributed by atoms with Gasteiger partial charge >= 0.3 is 0 Å². The van der Waals surface area contributed by atoms with Crippen molar-refractivity contribution in [3.63, 3.8) is 0 Å². The SMILES string of the molecule is Cc1ccc(-c2cccc3c4ccccc4c4cc(-c5ccc6c(c5)c5ccccc5n6-c5ccc(-c6ccccc6)cc5)ccc4c23)cc1. The molecule has 0 radical (unpaired) electrons. The van der Waals surface area contributed by atoms with Gasteiger partial charge in [-0.3, -0.25) is 0 Å². The first-order valence-electron chi connectivity index (χ1n) is 17.3. The maximum absolute atomic E-state index is 2.41. The predicted molar refractivity (Wildman–Crippen MR) is 214 cm³/mol. The lowest BCUT2D eigenvalue weighted by Gasteiger charge is -2.16. The van der Waals surface area contributed by atoms with Crippen molar-refractivity contribution in [2.24, 2.45) is 0 Å². The molecule has 0 bridgehead atoms. The number of para-hydroxylation sites is 1. The summed E-state index contributed by atoms with van der Waals surface area (Å²) in [4.78, 5) is 0. The van der Waals surface area contributed by atoms with Gasteiger partial charge in [-0.1, -0.05) is 151 Å². The van der Waals surface area contributed by atoms with Crippen LogP contribution in [0.2, 0.25) is 0 Å². The lowest BCUT2D eigenvalue weighted by molar-refractivity contribution is 1.18. The second kappa shape index (κ2) is 11.3. The summed E-state index contributed by atoms with van der Waals surface area (Å²) in [6.07, 6.45) is 0. The molecule has 50 heavy (non-hydrogen) atoms. The van der Waals surface area contributed by atoms with Crippen molar-refractivity contribution in [1.29, 1.82) is 0 Å². The fourth-order valence-electron chi connectivity index (χ4n) is 8.02. The van der Waals surface area contributed by atoms with Crippen LogP contribution in [0.1, 0.15) is 5.56 Å². The first-order valence-corrected chi connectivity index (χ1v) is 17.3. The van der Waals surface area contributed by atoms with E-state index in [-0.39, 0.29) is 0 Å². The number of nitrogens with zero attached hydrogens (tertiary/aromatic N) is 1. The molecule has 1 nitrogen and oxygen atoms in total. The molecule has 0 atom stereocenters. The Kier molecular flexibility index (Phi) is 6.47. The van der Waals surface area contributed by atoms with Crippen molar-refractivity contribution in [1.82, 2.24) is 4.57 Å². The summed E-state index contributed by atoms with van der Waals surface area (Å²) in [7, 11) is 0. The van der Waals surface area contributed by atoms with Crippen LogP contribution in [0, 0.1) is 6.92 Å². The van der Waals surface area contributed by atoms with Crippen molar-refractivity contribution in [3.05, 3.63) is 188 Å². The molecule has 234 valence electrons. The van der Waals surface area contributed by atoms with Crippen LogP contribution in [0.3, 0.4) is 0 Å². The molecule has 1 heteroatoms. The fourth-order valence-corrected chi connectivity index (χ4v) is 8.02. The Morgan fingerprint density at radius 3 is 1.64 bits per heavy atom. The van der Waals surface area contributed by atoms with Crippen molar-refractivity contribution in [2.45, 2.75) is 6.92 Å². The van der Waals surface area contributed by atoms with Crippen molar-refractivity contribution in [3.8, 4) is 39.1 Å². The Labute approximate surface area is 291 Å². The summed E-state index contributed by atoms with van der Waals surface area (Å²) in [5, 5.41) is 10.3. The maximum atomic E-state index is 2.41. The van der Waals surface area contributed by atoms with Gasteiger partial charge in [0.2, 0.25) is 0 Å². The highest BCUT2D eigenvalue weighted by Gasteiger charge is 2.16. The lowest BCUT2D eigenvalue weighted by atomic mass is 9.88. The minimum atomic E-state index is 1.16. The summed E-state index contributed by atoms with van der Waals surface area (Å²) >= 11 is 0. The number of rotatable bonds is 4. The van der Waals surface area contributed by atoms with Gasteiger partial charge in [0.25, 0.3) is 0 Å². The third kappa shape index (κ3) is 4.48. The van der Waals surface area contributed by atoms with Crippen LogP contribution < -0.4 is 0 Å². The molecule has 0 aliphatic rings. The second-order valence-corrected chi connectivity index (χ2v) is 13.4. The minimum Gasteiger partial charge on any atom is -0.309 e. The summed E-state index contributed by atoms with van der Waals surface area (Å²) in [5.41, 5.74) is 12.3. The second-order valence-electron chi connectivity index (χ2n) is 13.4. The Hall–Kier alpha value is -6.44. The largest absolute Gasteiger partial charge is 0.309 e. The van der Waals surface area contributed by atoms with Gasteiger partial charge in [0.05, 0.1) is 11.0 Å². The molecule has 0 fully saturated rings. The lowest BCUT2D eigenvalue weighted by Crippen LogP contribution is -1.93. The van der Waals surface area contributed by atoms with Crippen LogP contribution >= 0.6 is 0 Å². The third-order valence-electron chi connectivity index (χ3n) is 10.5. The molecule has 0 N–H and O–H groups in total. The van der Waals surface area contributed by atoms with Crippen LogP contribution in [0.15, 0.2) is 182 Å². The number of fused-ring (bicyclic) bond motifs is 9. The maximum Gasteiger partial charge on any atom is 0.0541 e. The molecule has 0 amide bonds. The molecule has 1 aromatic heterocycles. The van der Waals surface area contributed by atoms with E-state index in [1.54, 1.807) is 0 Å². The average Bonchev–Trinajstić information content (AvgIpc) is 3.52. The molecule has 1 heterocycles. The highest BCUT2D eigenvalue weighted by atomic mass is 15.0. The fraction of sp³-hybridized carbons (Fsp3) is 0.0204. The van der Waals surface area contributed by atoms with Gasteiger partial charge in [-0.2, -0.15) is 0 Å². The monoisotopic (exact) mass is 635 g/mol. The van der Waals surface area contributed by atoms with E-state index in [2.05, 4.69) is 193 Å². The van der Waals surface area contributed by atoms with E-state index in [0.29, 0.717) is 0 Å². The van der Waals surface area contributed by atoms with E-state index in [0.717, 1.165) is 5.69 Å². The molecular formula is C49H33N. The van der Waals surface area contributed by atoms with Crippen molar-refractivity contribution in [2.75, 3.05) is 0 Å². The van der Waals surface area contributed by atoms with Crippen LogP contribution in [-0.2, 0) is 0 Å². The summed E-state index contributed by atoms with van der Waals surface area (Å²) < 4.78 is 2.40. The van der Waals surface area contributed by atoms with Crippen molar-refractivity contribution >= 4 is 54.1 Å². The van der Waals surface area contributed by atoms with Gasteiger partial charge in [0, 0.05) is 16.5 Å². The molecule has 10 aromatic rings. The van der Waals surface area contributed by atoms with Gasteiger partial charge in [0.1, 0.15) is 0 Å². The van der Waals surface area contributed by atoms with E-state index in [9.17, 15) is 0 Å². The molecule has 0 unspecified atom stereocenters. The van der Waals surface area contributed by atoms with Crippen LogP contribution in [-0.4, -0.2) is 4.57 Å². The number of hydrogen-bond acceptors (Lipinski definition) is 0. The zero-order valence-corrected chi connectivity index (χ0v) is 27.8. The van der Waals surface area contributed by atoms with E-state index < -0.39 is 0 Å². The Morgan fingerprint density at radius 2 is 0.860 bits per heavy atom. The molecule has 9 aromatic carbocycles. The Balaban J connectivity index is 1.16. The quantitative estimate of drug-likeness (QED) is 0.170. The van der Waals surface area contributed by atoms with Gasteiger partial charge in [-0.15, -0.1) is 0 Å². The molecule has 0 saturated heterocycles. The van der Waals surface area contributed by atoms with Crippen LogP contribution in [0.25, 0.3) is 93.2 Å². The number of benzene rings is 9. The highest BCUT2D eigenvalue weighted by Crippen LogP contribution is 2.42. The van der Waals surface area contributed by atoms with E-state index >= 15 is 0 Å². The van der Waals surface area contributed by atoms with Crippen molar-refractivity contribution < 1.29 is 0 Å². The zero-order valence-electron chi connectivity index (χ0n) is 27.8. The van der Waals surface area contributed by atoms with Crippen LogP contribution in [0.4, 0.5) is 0 Å². The molecule has 0 saturated carbocycles. The zero-order chi connectivity index (χ0) is 33.2. The van der Waals surface area contributed by atoms with Gasteiger partial charge in [-0.25, -0.2) is 0 Å². The molecular weight excluding hydrogens is 603 g/mol. The molecule has 0 spiro atoms. The highest BCUT2D eigenvalue weighted by molar-refractivity contribution is 6.29. The smallest absolute Gasteiger partial charge is 0.0541 e. The summed E-state index contributed by atoms with van der Waals surface area (Å²) in [6.45, 7) is 2.15. The minimum absolute atomic E-state index is 1.16. The topological polar surface area (TPSA) is 4.93 Å². The summed E-state index contributed by atoms with van der Waals surface area (Å²) in [6, 6.07) is 66.9. The van der Waals surface area contributed by atoms with E-state index in [1.807, 2.05) is 0 Å². The van der Waals surface area contributed by atoms with E-state index in [4.69, 9.17) is 0 Å². The average molecular weight is 636 g/mol. The standard InChI is InChI=1S/C49H33N/c1-32-18-20-35(21-19-32)39-15-9-16-43-40-12-5-6-13-41(40)45-30-36(24-28-44(45)49(39)43)37-25-29-48-46(31-37)42-14-7-8-17-47(42)50(48)38-26-22-34(23-27-38)33-10-3-2-4-11-33/h2-31H,1H3. The Bertz CT molecular complexity index is 2890. The molecule has 10 rings (SSSR count). The first kappa shape index (κ1) is 28.6. The number of hydrogen-bond donors (Lipinski definition) is 0.